The molecule has 0 aliphatic carbocycles. The molecule has 0 amide bonds. The second-order valence-corrected chi connectivity index (χ2v) is 4.82. The van der Waals surface area contributed by atoms with Crippen LogP contribution in [0.15, 0.2) is 46.9 Å². The zero-order chi connectivity index (χ0) is 13.8. The van der Waals surface area contributed by atoms with E-state index < -0.39 is 0 Å². The number of halogens is 2. The molecular formula is C14H12BrFN2O. The molecule has 0 heterocycles. The second kappa shape index (κ2) is 5.84. The first-order valence-electron chi connectivity index (χ1n) is 5.57. The van der Waals surface area contributed by atoms with Crippen LogP contribution in [0.4, 0.5) is 4.39 Å². The molecule has 0 fully saturated rings. The van der Waals surface area contributed by atoms with Crippen LogP contribution in [-0.4, -0.2) is 5.84 Å². The lowest BCUT2D eigenvalue weighted by Gasteiger charge is -2.08. The molecule has 0 aliphatic rings. The molecule has 3 nitrogen and oxygen atoms in total. The van der Waals surface area contributed by atoms with Crippen LogP contribution in [0.25, 0.3) is 0 Å². The first-order chi connectivity index (χ1) is 9.06. The van der Waals surface area contributed by atoms with Crippen molar-refractivity contribution >= 4 is 21.8 Å². The van der Waals surface area contributed by atoms with E-state index in [9.17, 15) is 4.39 Å². The van der Waals surface area contributed by atoms with Gasteiger partial charge in [0.2, 0.25) is 0 Å². The SMILES string of the molecule is N=C(N)c1ccc(OCc2ccc(F)cc2Br)cc1. The van der Waals surface area contributed by atoms with Gasteiger partial charge in [-0.1, -0.05) is 22.0 Å². The minimum atomic E-state index is -0.290. The van der Waals surface area contributed by atoms with Gasteiger partial charge in [-0.25, -0.2) is 4.39 Å². The van der Waals surface area contributed by atoms with Crippen LogP contribution in [0.3, 0.4) is 0 Å². The molecular weight excluding hydrogens is 311 g/mol. The predicted octanol–water partition coefficient (Wildman–Crippen LogP) is 3.45. The number of hydrogen-bond acceptors (Lipinski definition) is 2. The van der Waals surface area contributed by atoms with Crippen LogP contribution >= 0.6 is 15.9 Å². The first kappa shape index (κ1) is 13.5. The van der Waals surface area contributed by atoms with Gasteiger partial charge in [0.25, 0.3) is 0 Å². The van der Waals surface area contributed by atoms with Crippen molar-refractivity contribution in [3.63, 3.8) is 0 Å². The largest absolute Gasteiger partial charge is 0.489 e. The summed E-state index contributed by atoms with van der Waals surface area (Å²) in [5, 5.41) is 7.29. The quantitative estimate of drug-likeness (QED) is 0.669. The Kier molecular flexibility index (Phi) is 4.16. The van der Waals surface area contributed by atoms with E-state index in [4.69, 9.17) is 15.9 Å². The summed E-state index contributed by atoms with van der Waals surface area (Å²) < 4.78 is 19.2. The Balaban J connectivity index is 2.04. The lowest BCUT2D eigenvalue weighted by atomic mass is 10.2. The average Bonchev–Trinajstić information content (AvgIpc) is 2.38. The molecule has 0 saturated carbocycles. The highest BCUT2D eigenvalue weighted by Gasteiger charge is 2.03. The van der Waals surface area contributed by atoms with Crippen LogP contribution in [-0.2, 0) is 6.61 Å². The molecule has 98 valence electrons. The van der Waals surface area contributed by atoms with E-state index in [-0.39, 0.29) is 11.7 Å². The number of hydrogen-bond donors (Lipinski definition) is 2. The summed E-state index contributed by atoms with van der Waals surface area (Å²) in [6.45, 7) is 0.334. The zero-order valence-corrected chi connectivity index (χ0v) is 11.6. The third-order valence-electron chi connectivity index (χ3n) is 2.57. The smallest absolute Gasteiger partial charge is 0.124 e. The molecule has 0 atom stereocenters. The molecule has 0 spiro atoms. The summed E-state index contributed by atoms with van der Waals surface area (Å²) in [6.07, 6.45) is 0. The van der Waals surface area contributed by atoms with Gasteiger partial charge in [-0.2, -0.15) is 0 Å². The summed E-state index contributed by atoms with van der Waals surface area (Å²) >= 11 is 3.29. The van der Waals surface area contributed by atoms with Crippen molar-refractivity contribution in [2.24, 2.45) is 5.73 Å². The Morgan fingerprint density at radius 3 is 2.47 bits per heavy atom. The van der Waals surface area contributed by atoms with E-state index in [1.54, 1.807) is 30.3 Å². The van der Waals surface area contributed by atoms with E-state index in [0.29, 0.717) is 22.4 Å². The highest BCUT2D eigenvalue weighted by atomic mass is 79.9. The third-order valence-corrected chi connectivity index (χ3v) is 3.31. The van der Waals surface area contributed by atoms with Crippen molar-refractivity contribution in [3.05, 3.63) is 63.9 Å². The summed E-state index contributed by atoms with van der Waals surface area (Å²) in [5.74, 6) is 0.399. The maximum atomic E-state index is 12.9. The zero-order valence-electron chi connectivity index (χ0n) is 9.99. The maximum absolute atomic E-state index is 12.9. The third kappa shape index (κ3) is 3.54. The summed E-state index contributed by atoms with van der Waals surface area (Å²) in [5.41, 5.74) is 6.87. The Bertz CT molecular complexity index is 599. The highest BCUT2D eigenvalue weighted by Crippen LogP contribution is 2.20. The van der Waals surface area contributed by atoms with Crippen LogP contribution in [0, 0.1) is 11.2 Å². The summed E-state index contributed by atoms with van der Waals surface area (Å²) in [6, 6.07) is 11.4. The normalized spacial score (nSPS) is 10.2. The molecule has 3 N–H and O–H groups in total. The van der Waals surface area contributed by atoms with Crippen molar-refractivity contribution < 1.29 is 9.13 Å². The molecule has 2 aromatic carbocycles. The van der Waals surface area contributed by atoms with Gasteiger partial charge in [-0.15, -0.1) is 0 Å². The molecule has 0 unspecified atom stereocenters. The topological polar surface area (TPSA) is 59.1 Å². The lowest BCUT2D eigenvalue weighted by Crippen LogP contribution is -2.10. The van der Waals surface area contributed by atoms with Gasteiger partial charge in [0.05, 0.1) is 0 Å². The van der Waals surface area contributed by atoms with Gasteiger partial charge in [0.1, 0.15) is 24.0 Å². The molecule has 5 heteroatoms. The maximum Gasteiger partial charge on any atom is 0.124 e. The average molecular weight is 323 g/mol. The Labute approximate surface area is 118 Å². The van der Waals surface area contributed by atoms with Crippen LogP contribution in [0.5, 0.6) is 5.75 Å². The Morgan fingerprint density at radius 2 is 1.89 bits per heavy atom. The standard InChI is InChI=1S/C14H12BrFN2O/c15-13-7-11(16)4-1-10(13)8-19-12-5-2-9(3-6-12)14(17)18/h1-7H,8H2,(H3,17,18). The number of amidine groups is 1. The van der Waals surface area contributed by atoms with Crippen LogP contribution in [0.2, 0.25) is 0 Å². The highest BCUT2D eigenvalue weighted by molar-refractivity contribution is 9.10. The minimum absolute atomic E-state index is 0.0211. The molecule has 19 heavy (non-hydrogen) atoms. The van der Waals surface area contributed by atoms with Gasteiger partial charge in [-0.05, 0) is 36.4 Å². The van der Waals surface area contributed by atoms with E-state index >= 15 is 0 Å². The number of nitrogens with one attached hydrogen (secondary N) is 1. The Hall–Kier alpha value is -1.88. The van der Waals surface area contributed by atoms with Crippen molar-refractivity contribution in [3.8, 4) is 5.75 Å². The van der Waals surface area contributed by atoms with E-state index in [1.165, 1.54) is 12.1 Å². The van der Waals surface area contributed by atoms with Gasteiger partial charge < -0.3 is 10.5 Å². The fourth-order valence-corrected chi connectivity index (χ4v) is 2.00. The summed E-state index contributed by atoms with van der Waals surface area (Å²) in [7, 11) is 0. The monoisotopic (exact) mass is 322 g/mol. The number of benzene rings is 2. The van der Waals surface area contributed by atoms with E-state index in [0.717, 1.165) is 5.56 Å². The molecule has 2 rings (SSSR count). The molecule has 0 bridgehead atoms. The lowest BCUT2D eigenvalue weighted by molar-refractivity contribution is 0.305. The first-order valence-corrected chi connectivity index (χ1v) is 6.37. The predicted molar refractivity (Wildman–Crippen MR) is 75.9 cm³/mol. The number of ether oxygens (including phenoxy) is 1. The van der Waals surface area contributed by atoms with Gasteiger partial charge in [0.15, 0.2) is 0 Å². The fourth-order valence-electron chi connectivity index (χ4n) is 1.53. The van der Waals surface area contributed by atoms with Crippen LogP contribution in [0.1, 0.15) is 11.1 Å². The van der Waals surface area contributed by atoms with Crippen LogP contribution < -0.4 is 10.5 Å². The number of nitrogen functional groups attached to an aromatic ring is 1. The van der Waals surface area contributed by atoms with Crippen molar-refractivity contribution in [1.82, 2.24) is 0 Å². The van der Waals surface area contributed by atoms with Gasteiger partial charge in [-0.3, -0.25) is 5.41 Å². The molecule has 2 aromatic rings. The van der Waals surface area contributed by atoms with E-state index in [1.807, 2.05) is 0 Å². The van der Waals surface area contributed by atoms with Gasteiger partial charge >= 0.3 is 0 Å². The molecule has 0 aromatic heterocycles. The molecule has 0 aliphatic heterocycles. The number of nitrogens with two attached hydrogens (primary N) is 1. The van der Waals surface area contributed by atoms with Crippen molar-refractivity contribution in [2.45, 2.75) is 6.61 Å². The van der Waals surface area contributed by atoms with Gasteiger partial charge in [0, 0.05) is 15.6 Å². The second-order valence-electron chi connectivity index (χ2n) is 3.96. The fraction of sp³-hybridized carbons (Fsp3) is 0.0714. The number of rotatable bonds is 4. The minimum Gasteiger partial charge on any atom is -0.489 e. The van der Waals surface area contributed by atoms with Crippen molar-refractivity contribution in [2.75, 3.05) is 0 Å². The molecule has 0 saturated heterocycles. The van der Waals surface area contributed by atoms with Crippen molar-refractivity contribution in [1.29, 1.82) is 5.41 Å². The Morgan fingerprint density at radius 1 is 1.21 bits per heavy atom. The molecule has 0 radical (unpaired) electrons. The summed E-state index contributed by atoms with van der Waals surface area (Å²) in [4.78, 5) is 0. The van der Waals surface area contributed by atoms with E-state index in [2.05, 4.69) is 15.9 Å².